The second kappa shape index (κ2) is 6.88. The number of nitrogens with zero attached hydrogens (tertiary/aromatic N) is 1. The lowest BCUT2D eigenvalue weighted by Gasteiger charge is -2.21. The van der Waals surface area contributed by atoms with Crippen LogP contribution in [0.15, 0.2) is 24.3 Å². The van der Waals surface area contributed by atoms with E-state index >= 15 is 0 Å². The predicted molar refractivity (Wildman–Crippen MR) is 76.7 cm³/mol. The highest BCUT2D eigenvalue weighted by Crippen LogP contribution is 2.22. The van der Waals surface area contributed by atoms with Crippen molar-refractivity contribution >= 4 is 17.4 Å². The molecule has 1 aliphatic carbocycles. The molecule has 0 aromatic heterocycles. The molecule has 0 heterocycles. The van der Waals surface area contributed by atoms with Crippen molar-refractivity contribution in [1.82, 2.24) is 5.32 Å². The Hall–Kier alpha value is -2.11. The van der Waals surface area contributed by atoms with Gasteiger partial charge >= 0.3 is 6.03 Å². The molecule has 1 fully saturated rings. The van der Waals surface area contributed by atoms with Gasteiger partial charge < -0.3 is 10.6 Å². The first-order valence-corrected chi connectivity index (χ1v) is 6.94. The number of anilines is 1. The normalized spacial score (nSPS) is 15.6. The Bertz CT molecular complexity index is 467. The van der Waals surface area contributed by atoms with Crippen LogP contribution in [0.4, 0.5) is 16.2 Å². The molecule has 1 saturated carbocycles. The third-order valence-electron chi connectivity index (χ3n) is 3.61. The van der Waals surface area contributed by atoms with Crippen molar-refractivity contribution in [3.63, 3.8) is 0 Å². The van der Waals surface area contributed by atoms with E-state index in [2.05, 4.69) is 10.6 Å². The highest BCUT2D eigenvalue weighted by atomic mass is 16.6. The van der Waals surface area contributed by atoms with E-state index in [4.69, 9.17) is 0 Å². The van der Waals surface area contributed by atoms with Crippen molar-refractivity contribution in [3.05, 3.63) is 34.4 Å². The summed E-state index contributed by atoms with van der Waals surface area (Å²) in [5.74, 6) is 0.575. The maximum absolute atomic E-state index is 11.7. The zero-order chi connectivity index (χ0) is 14.4. The summed E-state index contributed by atoms with van der Waals surface area (Å²) >= 11 is 0. The molecular formula is C14H19N3O3. The largest absolute Gasteiger partial charge is 0.338 e. The second-order valence-electron chi connectivity index (χ2n) is 5.14. The van der Waals surface area contributed by atoms with Gasteiger partial charge in [0.25, 0.3) is 5.69 Å². The number of hydrogen-bond donors (Lipinski definition) is 2. The lowest BCUT2D eigenvalue weighted by atomic mass is 9.89. The van der Waals surface area contributed by atoms with E-state index in [1.165, 1.54) is 56.4 Å². The summed E-state index contributed by atoms with van der Waals surface area (Å²) in [6.07, 6.45) is 6.15. The van der Waals surface area contributed by atoms with Crippen molar-refractivity contribution in [2.45, 2.75) is 32.1 Å². The number of nitrogens with one attached hydrogen (secondary N) is 2. The first kappa shape index (κ1) is 14.3. The Labute approximate surface area is 117 Å². The van der Waals surface area contributed by atoms with Crippen molar-refractivity contribution in [2.24, 2.45) is 5.92 Å². The number of rotatable bonds is 4. The Balaban J connectivity index is 1.77. The number of urea groups is 1. The molecule has 0 radical (unpaired) electrons. The van der Waals surface area contributed by atoms with Crippen LogP contribution < -0.4 is 10.6 Å². The van der Waals surface area contributed by atoms with Crippen molar-refractivity contribution in [2.75, 3.05) is 11.9 Å². The minimum atomic E-state index is -0.465. The molecule has 0 spiro atoms. The molecule has 0 atom stereocenters. The zero-order valence-corrected chi connectivity index (χ0v) is 11.3. The first-order valence-electron chi connectivity index (χ1n) is 6.94. The van der Waals surface area contributed by atoms with Gasteiger partial charge in [0.05, 0.1) is 4.92 Å². The van der Waals surface area contributed by atoms with E-state index in [0.29, 0.717) is 18.2 Å². The first-order chi connectivity index (χ1) is 9.65. The van der Waals surface area contributed by atoms with Crippen LogP contribution >= 0.6 is 0 Å². The molecule has 0 unspecified atom stereocenters. The minimum Gasteiger partial charge on any atom is -0.338 e. The summed E-state index contributed by atoms with van der Waals surface area (Å²) in [5, 5.41) is 16.0. The van der Waals surface area contributed by atoms with Gasteiger partial charge in [0, 0.05) is 24.4 Å². The van der Waals surface area contributed by atoms with E-state index in [-0.39, 0.29) is 11.7 Å². The number of nitro benzene ring substituents is 1. The molecule has 0 bridgehead atoms. The number of nitro groups is 1. The number of benzene rings is 1. The third-order valence-corrected chi connectivity index (χ3v) is 3.61. The molecule has 1 aliphatic rings. The van der Waals surface area contributed by atoms with E-state index in [1.54, 1.807) is 0 Å². The van der Waals surface area contributed by atoms with E-state index in [9.17, 15) is 14.9 Å². The number of hydrogen-bond acceptors (Lipinski definition) is 3. The zero-order valence-electron chi connectivity index (χ0n) is 11.3. The standard InChI is InChI=1S/C14H19N3O3/c18-14(15-10-11-4-2-1-3-5-11)16-12-6-8-13(9-7-12)17(19)20/h6-9,11H,1-5,10H2,(H2,15,16,18). The minimum absolute atomic E-state index is 0.0122. The van der Waals surface area contributed by atoms with Gasteiger partial charge in [-0.05, 0) is 30.9 Å². The molecule has 1 aromatic rings. The fourth-order valence-electron chi connectivity index (χ4n) is 2.47. The van der Waals surface area contributed by atoms with Crippen LogP contribution in [-0.2, 0) is 0 Å². The molecule has 20 heavy (non-hydrogen) atoms. The average Bonchev–Trinajstić information content (AvgIpc) is 2.47. The summed E-state index contributed by atoms with van der Waals surface area (Å²) < 4.78 is 0. The van der Waals surface area contributed by atoms with Crippen LogP contribution in [-0.4, -0.2) is 17.5 Å². The quantitative estimate of drug-likeness (QED) is 0.654. The van der Waals surface area contributed by atoms with Gasteiger partial charge in [-0.1, -0.05) is 19.3 Å². The van der Waals surface area contributed by atoms with Crippen LogP contribution in [0.1, 0.15) is 32.1 Å². The molecule has 2 N–H and O–H groups in total. The molecule has 108 valence electrons. The number of non-ortho nitro benzene ring substituents is 1. The van der Waals surface area contributed by atoms with Gasteiger partial charge in [-0.2, -0.15) is 0 Å². The third kappa shape index (κ3) is 4.22. The fourth-order valence-corrected chi connectivity index (χ4v) is 2.47. The lowest BCUT2D eigenvalue weighted by Crippen LogP contribution is -2.33. The average molecular weight is 277 g/mol. The van der Waals surface area contributed by atoms with Gasteiger partial charge in [-0.15, -0.1) is 0 Å². The summed E-state index contributed by atoms with van der Waals surface area (Å²) in [7, 11) is 0. The van der Waals surface area contributed by atoms with Crippen molar-refractivity contribution < 1.29 is 9.72 Å². The van der Waals surface area contributed by atoms with Crippen molar-refractivity contribution in [3.8, 4) is 0 Å². The van der Waals surface area contributed by atoms with E-state index in [0.717, 1.165) is 0 Å². The Kier molecular flexibility index (Phi) is 4.92. The molecule has 1 aromatic carbocycles. The van der Waals surface area contributed by atoms with Gasteiger partial charge in [0.15, 0.2) is 0 Å². The SMILES string of the molecule is O=C(NCC1CCCCC1)Nc1ccc([N+](=O)[O-])cc1. The van der Waals surface area contributed by atoms with Crippen LogP contribution in [0, 0.1) is 16.0 Å². The van der Waals surface area contributed by atoms with Crippen LogP contribution in [0.2, 0.25) is 0 Å². The Morgan fingerprint density at radius 3 is 2.45 bits per heavy atom. The number of carbonyl (C=O) groups excluding carboxylic acids is 1. The van der Waals surface area contributed by atoms with E-state index < -0.39 is 4.92 Å². The summed E-state index contributed by atoms with van der Waals surface area (Å²) in [5.41, 5.74) is 0.565. The van der Waals surface area contributed by atoms with E-state index in [1.807, 2.05) is 0 Å². The van der Waals surface area contributed by atoms with Gasteiger partial charge in [0.1, 0.15) is 0 Å². The molecular weight excluding hydrogens is 258 g/mol. The van der Waals surface area contributed by atoms with Gasteiger partial charge in [0.2, 0.25) is 0 Å². The van der Waals surface area contributed by atoms with Gasteiger partial charge in [-0.3, -0.25) is 10.1 Å². The smallest absolute Gasteiger partial charge is 0.319 e. The van der Waals surface area contributed by atoms with Crippen LogP contribution in [0.3, 0.4) is 0 Å². The number of carbonyl (C=O) groups is 1. The van der Waals surface area contributed by atoms with Crippen LogP contribution in [0.5, 0.6) is 0 Å². The Morgan fingerprint density at radius 2 is 1.85 bits per heavy atom. The maximum Gasteiger partial charge on any atom is 0.319 e. The second-order valence-corrected chi connectivity index (χ2v) is 5.14. The molecule has 0 aliphatic heterocycles. The monoisotopic (exact) mass is 277 g/mol. The predicted octanol–water partition coefficient (Wildman–Crippen LogP) is 3.30. The highest BCUT2D eigenvalue weighted by Gasteiger charge is 2.14. The molecule has 2 rings (SSSR count). The highest BCUT2D eigenvalue weighted by molar-refractivity contribution is 5.89. The maximum atomic E-state index is 11.7. The summed E-state index contributed by atoms with van der Waals surface area (Å²) in [4.78, 5) is 21.8. The lowest BCUT2D eigenvalue weighted by molar-refractivity contribution is -0.384. The summed E-state index contributed by atoms with van der Waals surface area (Å²) in [6, 6.07) is 5.54. The Morgan fingerprint density at radius 1 is 1.20 bits per heavy atom. The molecule has 6 nitrogen and oxygen atoms in total. The van der Waals surface area contributed by atoms with Crippen LogP contribution in [0.25, 0.3) is 0 Å². The molecule has 2 amide bonds. The molecule has 6 heteroatoms. The molecule has 0 saturated heterocycles. The topological polar surface area (TPSA) is 84.3 Å². The van der Waals surface area contributed by atoms with Gasteiger partial charge in [-0.25, -0.2) is 4.79 Å². The number of amides is 2. The fraction of sp³-hybridized carbons (Fsp3) is 0.500. The summed E-state index contributed by atoms with van der Waals surface area (Å²) in [6.45, 7) is 0.693. The van der Waals surface area contributed by atoms with Crippen molar-refractivity contribution in [1.29, 1.82) is 0 Å².